The number of amides is 1. The fraction of sp³-hybridized carbons (Fsp3) is 0.345. The number of aromatic nitrogens is 1. The molecule has 2 aliphatic rings. The van der Waals surface area contributed by atoms with Crippen LogP contribution in [0.25, 0.3) is 0 Å². The van der Waals surface area contributed by atoms with Crippen LogP contribution in [0.1, 0.15) is 50.2 Å². The zero-order valence-electron chi connectivity index (χ0n) is 21.2. The van der Waals surface area contributed by atoms with Crippen LogP contribution >= 0.6 is 11.3 Å². The molecule has 1 aromatic heterocycles. The first kappa shape index (κ1) is 26.8. The van der Waals surface area contributed by atoms with Crippen molar-refractivity contribution in [2.24, 2.45) is 0 Å². The molecule has 6 nitrogen and oxygen atoms in total. The molecule has 0 aliphatic carbocycles. The van der Waals surface area contributed by atoms with Gasteiger partial charge in [-0.15, -0.1) is 11.3 Å². The zero-order valence-corrected chi connectivity index (χ0v) is 22.0. The molecule has 0 N–H and O–H groups in total. The lowest BCUT2D eigenvalue weighted by atomic mass is 9.98. The molecule has 2 saturated heterocycles. The summed E-state index contributed by atoms with van der Waals surface area (Å²) in [6, 6.07) is 17.3. The number of Topliss-reactive ketones (excluding diaryl/α,β-unsaturated/α-hetero) is 1. The highest BCUT2D eigenvalue weighted by Crippen LogP contribution is 2.33. The molecule has 5 rings (SSSR count). The molecule has 0 atom stereocenters. The molecule has 2 fully saturated rings. The number of rotatable bonds is 4. The number of alkyl halides is 3. The predicted octanol–water partition coefficient (Wildman–Crippen LogP) is 5.15. The smallest absolute Gasteiger partial charge is 0.368 e. The normalized spacial score (nSPS) is 16.5. The average Bonchev–Trinajstić information content (AvgIpc) is 3.46. The number of likely N-dealkylation sites (tertiary alicyclic amines) is 1. The third-order valence-corrected chi connectivity index (χ3v) is 8.06. The zero-order chi connectivity index (χ0) is 27.4. The van der Waals surface area contributed by atoms with Crippen molar-refractivity contribution in [3.63, 3.8) is 0 Å². The summed E-state index contributed by atoms with van der Waals surface area (Å²) in [5.41, 5.74) is 0.829. The van der Waals surface area contributed by atoms with Crippen molar-refractivity contribution in [2.45, 2.75) is 24.9 Å². The van der Waals surface area contributed by atoms with Crippen molar-refractivity contribution in [1.82, 2.24) is 14.8 Å². The van der Waals surface area contributed by atoms with E-state index in [0.29, 0.717) is 43.1 Å². The summed E-state index contributed by atoms with van der Waals surface area (Å²) in [5, 5.41) is 2.72. The number of benzene rings is 2. The third kappa shape index (κ3) is 6.42. The summed E-state index contributed by atoms with van der Waals surface area (Å²) in [5.74, 6) is 2.61. The van der Waals surface area contributed by atoms with Crippen molar-refractivity contribution in [3.05, 3.63) is 81.8 Å². The molecule has 0 spiro atoms. The van der Waals surface area contributed by atoms with Gasteiger partial charge in [0.05, 0.1) is 10.6 Å². The summed E-state index contributed by atoms with van der Waals surface area (Å²) < 4.78 is 39.2. The number of anilines is 1. The minimum atomic E-state index is -4.39. The summed E-state index contributed by atoms with van der Waals surface area (Å²) in [4.78, 5) is 35.5. The predicted molar refractivity (Wildman–Crippen MR) is 144 cm³/mol. The lowest BCUT2D eigenvalue weighted by molar-refractivity contribution is -0.137. The van der Waals surface area contributed by atoms with Crippen LogP contribution in [-0.2, 0) is 6.18 Å². The number of nitrogens with zero attached hydrogens (tertiary/aromatic N) is 4. The van der Waals surface area contributed by atoms with Gasteiger partial charge in [-0.1, -0.05) is 36.4 Å². The first-order valence-electron chi connectivity index (χ1n) is 12.8. The van der Waals surface area contributed by atoms with Crippen LogP contribution in [0.15, 0.2) is 60.0 Å². The molecule has 2 aromatic carbocycles. The van der Waals surface area contributed by atoms with Gasteiger partial charge < -0.3 is 14.7 Å². The molecule has 10 heteroatoms. The Labute approximate surface area is 229 Å². The first-order valence-corrected chi connectivity index (χ1v) is 13.7. The van der Waals surface area contributed by atoms with E-state index in [1.54, 1.807) is 28.5 Å². The Balaban J connectivity index is 1.12. The van der Waals surface area contributed by atoms with Gasteiger partial charge in [-0.3, -0.25) is 9.59 Å². The lowest BCUT2D eigenvalue weighted by Gasteiger charge is -2.36. The maximum Gasteiger partial charge on any atom is 0.416 e. The molecule has 3 heterocycles. The molecule has 0 radical (unpaired) electrons. The summed E-state index contributed by atoms with van der Waals surface area (Å²) in [6.07, 6.45) is -2.71. The van der Waals surface area contributed by atoms with Crippen molar-refractivity contribution in [1.29, 1.82) is 0 Å². The Kier molecular flexibility index (Phi) is 7.89. The lowest BCUT2D eigenvalue weighted by Crippen LogP contribution is -2.49. The Morgan fingerprint density at radius 3 is 2.33 bits per heavy atom. The topological polar surface area (TPSA) is 56.8 Å². The van der Waals surface area contributed by atoms with Crippen LogP contribution in [0.5, 0.6) is 0 Å². The molecule has 0 saturated carbocycles. The quantitative estimate of drug-likeness (QED) is 0.331. The molecule has 0 unspecified atom stereocenters. The molecular formula is C29H27F3N4O2S. The number of halogens is 3. The second-order valence-corrected chi connectivity index (χ2v) is 10.5. The third-order valence-electron chi connectivity index (χ3n) is 7.05. The Morgan fingerprint density at radius 1 is 0.923 bits per heavy atom. The number of thiazole rings is 1. The summed E-state index contributed by atoms with van der Waals surface area (Å²) >= 11 is 1.48. The number of carbonyl (C=O) groups is 2. The molecule has 2 aliphatic heterocycles. The maximum absolute atomic E-state index is 13.1. The number of ketones is 1. The van der Waals surface area contributed by atoms with Crippen molar-refractivity contribution in [2.75, 3.05) is 44.2 Å². The minimum Gasteiger partial charge on any atom is -0.368 e. The number of hydrogen-bond donors (Lipinski definition) is 0. The highest BCUT2D eigenvalue weighted by Gasteiger charge is 2.32. The second kappa shape index (κ2) is 11.5. The van der Waals surface area contributed by atoms with E-state index in [-0.39, 0.29) is 17.6 Å². The minimum absolute atomic E-state index is 0.149. The van der Waals surface area contributed by atoms with Gasteiger partial charge in [-0.05, 0) is 37.0 Å². The highest BCUT2D eigenvalue weighted by atomic mass is 32.1. The SMILES string of the molecule is O=C(C#CN1CCC(c2nc(C(=O)N3CCN(c4cccc(C(F)(F)F)c4)CC3)cs2)CC1)c1ccccc1. The van der Waals surface area contributed by atoms with E-state index < -0.39 is 11.7 Å². The average molecular weight is 553 g/mol. The molecule has 39 heavy (non-hydrogen) atoms. The van der Waals surface area contributed by atoms with E-state index in [0.717, 1.165) is 43.1 Å². The Hall–Kier alpha value is -3.84. The molecule has 3 aromatic rings. The van der Waals surface area contributed by atoms with Gasteiger partial charge in [0.1, 0.15) is 5.69 Å². The van der Waals surface area contributed by atoms with E-state index in [1.807, 2.05) is 28.0 Å². The number of piperidine rings is 1. The van der Waals surface area contributed by atoms with Crippen molar-refractivity contribution < 1.29 is 22.8 Å². The van der Waals surface area contributed by atoms with Gasteiger partial charge in [0, 0.05) is 67.9 Å². The van der Waals surface area contributed by atoms with Gasteiger partial charge in [0.25, 0.3) is 5.91 Å². The van der Waals surface area contributed by atoms with Gasteiger partial charge in [-0.25, -0.2) is 4.98 Å². The van der Waals surface area contributed by atoms with Crippen LogP contribution in [0, 0.1) is 12.0 Å². The Morgan fingerprint density at radius 2 is 1.64 bits per heavy atom. The molecule has 0 bridgehead atoms. The number of piperazine rings is 1. The summed E-state index contributed by atoms with van der Waals surface area (Å²) in [6.45, 7) is 3.19. The van der Waals surface area contributed by atoms with Gasteiger partial charge in [0.2, 0.25) is 5.78 Å². The van der Waals surface area contributed by atoms with Gasteiger partial charge in [-0.2, -0.15) is 13.2 Å². The Bertz CT molecular complexity index is 1380. The largest absolute Gasteiger partial charge is 0.416 e. The van der Waals surface area contributed by atoms with E-state index >= 15 is 0 Å². The second-order valence-electron chi connectivity index (χ2n) is 9.59. The van der Waals surface area contributed by atoms with Crippen LogP contribution in [0.2, 0.25) is 0 Å². The van der Waals surface area contributed by atoms with Crippen LogP contribution in [0.4, 0.5) is 18.9 Å². The fourth-order valence-electron chi connectivity index (χ4n) is 4.81. The van der Waals surface area contributed by atoms with Crippen molar-refractivity contribution >= 4 is 28.7 Å². The van der Waals surface area contributed by atoms with Crippen LogP contribution in [-0.4, -0.2) is 65.7 Å². The molecule has 202 valence electrons. The summed E-state index contributed by atoms with van der Waals surface area (Å²) in [7, 11) is 0. The van der Waals surface area contributed by atoms with E-state index in [1.165, 1.54) is 17.4 Å². The number of carbonyl (C=O) groups excluding carboxylic acids is 2. The maximum atomic E-state index is 13.1. The number of hydrogen-bond acceptors (Lipinski definition) is 6. The van der Waals surface area contributed by atoms with Gasteiger partial charge in [0.15, 0.2) is 0 Å². The van der Waals surface area contributed by atoms with E-state index in [9.17, 15) is 22.8 Å². The standard InChI is InChI=1S/C29H27F3N4O2S/c30-29(31,32)23-7-4-8-24(19-23)35-15-17-36(18-16-35)28(38)25-20-39-27(33-25)22-9-12-34(13-10-22)14-11-26(37)21-5-2-1-3-6-21/h1-8,19-20,22H,9-10,12-13,15-18H2. The van der Waals surface area contributed by atoms with E-state index in [4.69, 9.17) is 0 Å². The van der Waals surface area contributed by atoms with Crippen LogP contribution < -0.4 is 4.90 Å². The monoisotopic (exact) mass is 552 g/mol. The van der Waals surface area contributed by atoms with Gasteiger partial charge >= 0.3 is 6.18 Å². The van der Waals surface area contributed by atoms with Crippen LogP contribution in [0.3, 0.4) is 0 Å². The molecule has 1 amide bonds. The van der Waals surface area contributed by atoms with E-state index in [2.05, 4.69) is 16.9 Å². The fourth-order valence-corrected chi connectivity index (χ4v) is 5.78. The highest BCUT2D eigenvalue weighted by molar-refractivity contribution is 7.09. The first-order chi connectivity index (χ1) is 18.8. The van der Waals surface area contributed by atoms with Crippen molar-refractivity contribution in [3.8, 4) is 12.0 Å². The molecular weight excluding hydrogens is 525 g/mol.